The first-order valence-electron chi connectivity index (χ1n) is 9.91. The molecule has 0 aliphatic heterocycles. The molecule has 5 heteroatoms. The molecule has 0 unspecified atom stereocenters. The topological polar surface area (TPSA) is 49.3 Å². The van der Waals surface area contributed by atoms with Crippen molar-refractivity contribution < 1.29 is 19.0 Å². The van der Waals surface area contributed by atoms with E-state index < -0.39 is 0 Å². The van der Waals surface area contributed by atoms with Crippen LogP contribution in [0.1, 0.15) is 36.5 Å². The largest absolute Gasteiger partial charge is 0.494 e. The van der Waals surface area contributed by atoms with Gasteiger partial charge in [-0.1, -0.05) is 29.4 Å². The second-order valence-electron chi connectivity index (χ2n) is 6.66. The Kier molecular flexibility index (Phi) is 9.63. The van der Waals surface area contributed by atoms with E-state index in [2.05, 4.69) is 5.16 Å². The summed E-state index contributed by atoms with van der Waals surface area (Å²) in [5.74, 6) is 2.64. The molecule has 2 aromatic rings. The summed E-state index contributed by atoms with van der Waals surface area (Å²) in [6.07, 6.45) is 7.46. The van der Waals surface area contributed by atoms with Crippen molar-refractivity contribution in [2.75, 3.05) is 26.9 Å². The van der Waals surface area contributed by atoms with Crippen LogP contribution in [0, 0.1) is 13.8 Å². The minimum absolute atomic E-state index is 0.581. The van der Waals surface area contributed by atoms with Crippen molar-refractivity contribution in [3.8, 4) is 17.2 Å². The number of rotatable bonds is 12. The van der Waals surface area contributed by atoms with E-state index in [0.29, 0.717) is 19.8 Å². The van der Waals surface area contributed by atoms with Crippen molar-refractivity contribution >= 4 is 6.21 Å². The predicted molar refractivity (Wildman–Crippen MR) is 117 cm³/mol. The van der Waals surface area contributed by atoms with Gasteiger partial charge in [-0.3, -0.25) is 0 Å². The van der Waals surface area contributed by atoms with Crippen molar-refractivity contribution in [1.82, 2.24) is 0 Å². The second kappa shape index (κ2) is 12.5. The number of oxime groups is 1. The standard InChI is InChI=1S/C24H31NO4/c1-5-6-12-28-23-15-19(2)24(20(3)16-23)29-14-8-7-13-27-22-11-9-10-21(17-22)18-25-26-4/h5-6,9-11,15-18H,7-8,12-14H2,1-4H3/b6-5+,25-18+. The first-order valence-corrected chi connectivity index (χ1v) is 9.91. The summed E-state index contributed by atoms with van der Waals surface area (Å²) < 4.78 is 17.5. The van der Waals surface area contributed by atoms with E-state index in [1.807, 2.05) is 69.3 Å². The highest BCUT2D eigenvalue weighted by Crippen LogP contribution is 2.28. The average Bonchev–Trinajstić information content (AvgIpc) is 2.71. The zero-order chi connectivity index (χ0) is 20.9. The molecule has 2 rings (SSSR count). The van der Waals surface area contributed by atoms with Gasteiger partial charge in [-0.2, -0.15) is 0 Å². The fourth-order valence-electron chi connectivity index (χ4n) is 2.83. The van der Waals surface area contributed by atoms with E-state index in [4.69, 9.17) is 19.0 Å². The fraction of sp³-hybridized carbons (Fsp3) is 0.375. The maximum atomic E-state index is 6.01. The minimum Gasteiger partial charge on any atom is -0.494 e. The lowest BCUT2D eigenvalue weighted by Crippen LogP contribution is -2.05. The van der Waals surface area contributed by atoms with Gasteiger partial charge in [-0.15, -0.1) is 0 Å². The molecule has 0 spiro atoms. The Bertz CT molecular complexity index is 791. The van der Waals surface area contributed by atoms with Crippen LogP contribution in [-0.2, 0) is 4.84 Å². The summed E-state index contributed by atoms with van der Waals surface area (Å²) in [4.78, 5) is 4.70. The summed E-state index contributed by atoms with van der Waals surface area (Å²) in [5.41, 5.74) is 3.12. The second-order valence-corrected chi connectivity index (χ2v) is 6.66. The quantitative estimate of drug-likeness (QED) is 0.206. The molecule has 0 atom stereocenters. The number of hydrogen-bond donors (Lipinski definition) is 0. The van der Waals surface area contributed by atoms with Gasteiger partial charge in [0.15, 0.2) is 0 Å². The number of allylic oxidation sites excluding steroid dienone is 1. The van der Waals surface area contributed by atoms with Crippen LogP contribution in [0.15, 0.2) is 53.7 Å². The fourth-order valence-corrected chi connectivity index (χ4v) is 2.83. The number of benzene rings is 2. The van der Waals surface area contributed by atoms with E-state index in [-0.39, 0.29) is 0 Å². The van der Waals surface area contributed by atoms with Gasteiger partial charge in [-0.05, 0) is 74.6 Å². The van der Waals surface area contributed by atoms with Crippen molar-refractivity contribution in [3.05, 3.63) is 65.2 Å². The number of nitrogens with zero attached hydrogens (tertiary/aromatic N) is 1. The van der Waals surface area contributed by atoms with Gasteiger partial charge in [0.1, 0.15) is 31.0 Å². The number of hydrogen-bond acceptors (Lipinski definition) is 5. The van der Waals surface area contributed by atoms with Gasteiger partial charge in [0.2, 0.25) is 0 Å². The molecule has 29 heavy (non-hydrogen) atoms. The normalized spacial score (nSPS) is 11.2. The monoisotopic (exact) mass is 397 g/mol. The molecule has 0 radical (unpaired) electrons. The molecule has 0 bridgehead atoms. The summed E-state index contributed by atoms with van der Waals surface area (Å²) in [7, 11) is 1.52. The Balaban J connectivity index is 1.73. The van der Waals surface area contributed by atoms with Crippen LogP contribution < -0.4 is 14.2 Å². The Morgan fingerprint density at radius 2 is 1.62 bits per heavy atom. The van der Waals surface area contributed by atoms with E-state index in [0.717, 1.165) is 46.8 Å². The van der Waals surface area contributed by atoms with Crippen LogP contribution in [-0.4, -0.2) is 33.1 Å². The van der Waals surface area contributed by atoms with Gasteiger partial charge in [-0.25, -0.2) is 0 Å². The van der Waals surface area contributed by atoms with Gasteiger partial charge in [0.25, 0.3) is 0 Å². The Morgan fingerprint density at radius 3 is 2.31 bits per heavy atom. The van der Waals surface area contributed by atoms with Crippen LogP contribution >= 0.6 is 0 Å². The molecule has 0 N–H and O–H groups in total. The lowest BCUT2D eigenvalue weighted by molar-refractivity contribution is 0.215. The molecule has 0 aliphatic rings. The Hall–Kier alpha value is -2.95. The highest BCUT2D eigenvalue weighted by atomic mass is 16.6. The lowest BCUT2D eigenvalue weighted by Gasteiger charge is -2.14. The van der Waals surface area contributed by atoms with Crippen molar-refractivity contribution in [2.45, 2.75) is 33.6 Å². The van der Waals surface area contributed by atoms with Crippen LogP contribution in [0.25, 0.3) is 0 Å². The molecule has 0 saturated heterocycles. The highest BCUT2D eigenvalue weighted by molar-refractivity contribution is 5.79. The summed E-state index contributed by atoms with van der Waals surface area (Å²) in [6, 6.07) is 11.8. The third kappa shape index (κ3) is 7.90. The molecular formula is C24H31NO4. The number of ether oxygens (including phenoxy) is 3. The molecule has 0 aliphatic carbocycles. The number of aryl methyl sites for hydroxylation is 2. The molecule has 2 aromatic carbocycles. The van der Waals surface area contributed by atoms with E-state index in [1.54, 1.807) is 6.21 Å². The molecule has 0 fully saturated rings. The van der Waals surface area contributed by atoms with Crippen molar-refractivity contribution in [2.24, 2.45) is 5.16 Å². The van der Waals surface area contributed by atoms with Gasteiger partial charge < -0.3 is 19.0 Å². The SMILES string of the molecule is C/C=C/COc1cc(C)c(OCCCCOc2cccc(/C=N/OC)c2)c(C)c1. The highest BCUT2D eigenvalue weighted by Gasteiger charge is 2.07. The van der Waals surface area contributed by atoms with Crippen LogP contribution in [0.4, 0.5) is 0 Å². The van der Waals surface area contributed by atoms with Gasteiger partial charge in [0.05, 0.1) is 19.4 Å². The van der Waals surface area contributed by atoms with Crippen LogP contribution in [0.5, 0.6) is 17.2 Å². The third-order valence-electron chi connectivity index (χ3n) is 4.23. The van der Waals surface area contributed by atoms with Crippen molar-refractivity contribution in [3.63, 3.8) is 0 Å². The third-order valence-corrected chi connectivity index (χ3v) is 4.23. The summed E-state index contributed by atoms with van der Waals surface area (Å²) >= 11 is 0. The van der Waals surface area contributed by atoms with Crippen molar-refractivity contribution in [1.29, 1.82) is 0 Å². The van der Waals surface area contributed by atoms with E-state index in [9.17, 15) is 0 Å². The maximum absolute atomic E-state index is 6.01. The molecule has 0 aromatic heterocycles. The van der Waals surface area contributed by atoms with E-state index >= 15 is 0 Å². The molecule has 5 nitrogen and oxygen atoms in total. The maximum Gasteiger partial charge on any atom is 0.125 e. The average molecular weight is 398 g/mol. The first kappa shape index (κ1) is 22.3. The van der Waals surface area contributed by atoms with Crippen LogP contribution in [0.2, 0.25) is 0 Å². The summed E-state index contributed by atoms with van der Waals surface area (Å²) in [5, 5.41) is 3.76. The predicted octanol–water partition coefficient (Wildman–Crippen LogP) is 5.48. The zero-order valence-corrected chi connectivity index (χ0v) is 17.8. The molecular weight excluding hydrogens is 366 g/mol. The summed E-state index contributed by atoms with van der Waals surface area (Å²) in [6.45, 7) is 7.96. The van der Waals surface area contributed by atoms with Gasteiger partial charge in [0, 0.05) is 0 Å². The lowest BCUT2D eigenvalue weighted by atomic mass is 10.1. The molecule has 0 saturated carbocycles. The van der Waals surface area contributed by atoms with E-state index in [1.165, 1.54) is 7.11 Å². The molecule has 156 valence electrons. The smallest absolute Gasteiger partial charge is 0.125 e. The number of unbranched alkanes of at least 4 members (excludes halogenated alkanes) is 1. The van der Waals surface area contributed by atoms with Crippen LogP contribution in [0.3, 0.4) is 0 Å². The minimum atomic E-state index is 0.581. The zero-order valence-electron chi connectivity index (χ0n) is 17.8. The van der Waals surface area contributed by atoms with Gasteiger partial charge >= 0.3 is 0 Å². The first-order chi connectivity index (χ1) is 14.1. The Labute approximate surface area is 173 Å². The molecule has 0 amide bonds. The molecule has 0 heterocycles. The Morgan fingerprint density at radius 1 is 0.897 bits per heavy atom.